The number of carbonyl (C=O) groups excluding carboxylic acids is 1. The molecule has 1 saturated heterocycles. The van der Waals surface area contributed by atoms with Crippen molar-refractivity contribution in [1.29, 1.82) is 0 Å². The fraction of sp³-hybridized carbons (Fsp3) is 0.333. The first-order valence-corrected chi connectivity index (χ1v) is 9.34. The average molecular weight is 380 g/mol. The Hall–Kier alpha value is -3.06. The van der Waals surface area contributed by atoms with Crippen molar-refractivity contribution in [2.45, 2.75) is 6.54 Å². The zero-order chi connectivity index (χ0) is 19.5. The van der Waals surface area contributed by atoms with Gasteiger partial charge >= 0.3 is 0 Å². The van der Waals surface area contributed by atoms with Gasteiger partial charge in [0.15, 0.2) is 11.5 Å². The van der Waals surface area contributed by atoms with Crippen molar-refractivity contribution in [2.24, 2.45) is 0 Å². The second kappa shape index (κ2) is 7.90. The van der Waals surface area contributed by atoms with Gasteiger partial charge in [0, 0.05) is 50.5 Å². The van der Waals surface area contributed by atoms with Crippen LogP contribution in [0.5, 0.6) is 11.5 Å². The summed E-state index contributed by atoms with van der Waals surface area (Å²) in [6.45, 7) is 4.00. The Morgan fingerprint density at radius 2 is 1.82 bits per heavy atom. The SMILES string of the molecule is COc1ccc2[nH]c(C(=O)N3CCN(Cc4ccncc4)CC3)cc2c1OC. The van der Waals surface area contributed by atoms with Crippen LogP contribution < -0.4 is 9.47 Å². The van der Waals surface area contributed by atoms with E-state index >= 15 is 0 Å². The molecule has 146 valence electrons. The lowest BCUT2D eigenvalue weighted by Gasteiger charge is -2.34. The minimum atomic E-state index is 0.0146. The van der Waals surface area contributed by atoms with Gasteiger partial charge < -0.3 is 19.4 Å². The first kappa shape index (κ1) is 18.3. The third-order valence-corrected chi connectivity index (χ3v) is 5.19. The number of methoxy groups -OCH3 is 2. The van der Waals surface area contributed by atoms with Crippen LogP contribution in [-0.2, 0) is 6.54 Å². The molecule has 0 saturated carbocycles. The lowest BCUT2D eigenvalue weighted by molar-refractivity contribution is 0.0623. The van der Waals surface area contributed by atoms with Gasteiger partial charge in [-0.05, 0) is 35.9 Å². The molecule has 1 amide bonds. The molecular weight excluding hydrogens is 356 g/mol. The number of aromatic amines is 1. The van der Waals surface area contributed by atoms with E-state index in [4.69, 9.17) is 9.47 Å². The molecule has 1 aliphatic heterocycles. The number of nitrogens with zero attached hydrogens (tertiary/aromatic N) is 3. The van der Waals surface area contributed by atoms with Gasteiger partial charge in [-0.3, -0.25) is 14.7 Å². The summed E-state index contributed by atoms with van der Waals surface area (Å²) in [5.41, 5.74) is 2.67. The van der Waals surface area contributed by atoms with Crippen LogP contribution in [0.1, 0.15) is 16.1 Å². The van der Waals surface area contributed by atoms with Gasteiger partial charge in [0.25, 0.3) is 5.91 Å². The maximum atomic E-state index is 13.0. The highest BCUT2D eigenvalue weighted by molar-refractivity contribution is 6.00. The van der Waals surface area contributed by atoms with Gasteiger partial charge in [-0.25, -0.2) is 0 Å². The van der Waals surface area contributed by atoms with Crippen molar-refractivity contribution in [1.82, 2.24) is 19.8 Å². The number of hydrogen-bond acceptors (Lipinski definition) is 5. The fourth-order valence-corrected chi connectivity index (χ4v) is 3.67. The predicted octanol–water partition coefficient (Wildman–Crippen LogP) is 2.54. The topological polar surface area (TPSA) is 70.7 Å². The third-order valence-electron chi connectivity index (χ3n) is 5.19. The second-order valence-electron chi connectivity index (χ2n) is 6.87. The third kappa shape index (κ3) is 3.53. The molecule has 1 N–H and O–H groups in total. The van der Waals surface area contributed by atoms with Crippen molar-refractivity contribution in [3.63, 3.8) is 0 Å². The molecule has 7 heteroatoms. The van der Waals surface area contributed by atoms with Crippen molar-refractivity contribution in [3.05, 3.63) is 54.0 Å². The quantitative estimate of drug-likeness (QED) is 0.737. The number of hydrogen-bond donors (Lipinski definition) is 1. The van der Waals surface area contributed by atoms with Crippen molar-refractivity contribution < 1.29 is 14.3 Å². The Morgan fingerprint density at radius 3 is 2.50 bits per heavy atom. The Bertz CT molecular complexity index is 962. The minimum absolute atomic E-state index is 0.0146. The lowest BCUT2D eigenvalue weighted by atomic mass is 10.2. The van der Waals surface area contributed by atoms with Crippen molar-refractivity contribution >= 4 is 16.8 Å². The Morgan fingerprint density at radius 1 is 1.07 bits per heavy atom. The molecule has 3 heterocycles. The summed E-state index contributed by atoms with van der Waals surface area (Å²) in [6.07, 6.45) is 3.63. The summed E-state index contributed by atoms with van der Waals surface area (Å²) in [7, 11) is 3.21. The molecule has 3 aromatic rings. The minimum Gasteiger partial charge on any atom is -0.493 e. The number of rotatable bonds is 5. The van der Waals surface area contributed by atoms with Crippen LogP contribution in [0.4, 0.5) is 0 Å². The van der Waals surface area contributed by atoms with E-state index < -0.39 is 0 Å². The van der Waals surface area contributed by atoms with Crippen LogP contribution in [0.15, 0.2) is 42.7 Å². The molecule has 2 aromatic heterocycles. The lowest BCUT2D eigenvalue weighted by Crippen LogP contribution is -2.48. The number of nitrogens with one attached hydrogen (secondary N) is 1. The summed E-state index contributed by atoms with van der Waals surface area (Å²) in [5, 5.41) is 0.849. The molecule has 7 nitrogen and oxygen atoms in total. The van der Waals surface area contributed by atoms with Gasteiger partial charge in [-0.2, -0.15) is 0 Å². The summed E-state index contributed by atoms with van der Waals surface area (Å²) >= 11 is 0. The summed E-state index contributed by atoms with van der Waals surface area (Å²) < 4.78 is 10.8. The van der Waals surface area contributed by atoms with Gasteiger partial charge in [0.05, 0.1) is 19.7 Å². The van der Waals surface area contributed by atoms with Crippen LogP contribution in [0, 0.1) is 0 Å². The molecule has 1 aliphatic rings. The van der Waals surface area contributed by atoms with E-state index in [2.05, 4.69) is 14.9 Å². The van der Waals surface area contributed by atoms with Crippen LogP contribution in [0.25, 0.3) is 10.9 Å². The Balaban J connectivity index is 1.45. The zero-order valence-corrected chi connectivity index (χ0v) is 16.1. The van der Waals surface area contributed by atoms with Gasteiger partial charge in [0.2, 0.25) is 0 Å². The first-order valence-electron chi connectivity index (χ1n) is 9.34. The number of amides is 1. The molecule has 0 aliphatic carbocycles. The van der Waals surface area contributed by atoms with Gasteiger partial charge in [-0.15, -0.1) is 0 Å². The number of piperazine rings is 1. The number of carbonyl (C=O) groups is 1. The number of H-pyrrole nitrogens is 1. The number of pyridine rings is 1. The van der Waals surface area contributed by atoms with Crippen LogP contribution in [-0.4, -0.2) is 66.1 Å². The molecule has 28 heavy (non-hydrogen) atoms. The molecule has 0 bridgehead atoms. The van der Waals surface area contributed by atoms with Crippen LogP contribution in [0.2, 0.25) is 0 Å². The van der Waals surface area contributed by atoms with E-state index in [1.54, 1.807) is 14.2 Å². The highest BCUT2D eigenvalue weighted by Crippen LogP contribution is 2.35. The van der Waals surface area contributed by atoms with Crippen LogP contribution in [0.3, 0.4) is 0 Å². The largest absolute Gasteiger partial charge is 0.493 e. The zero-order valence-electron chi connectivity index (χ0n) is 16.1. The Labute approximate surface area is 163 Å². The van der Waals surface area contributed by atoms with Crippen molar-refractivity contribution in [3.8, 4) is 11.5 Å². The number of ether oxygens (including phenoxy) is 2. The predicted molar refractivity (Wildman–Crippen MR) is 107 cm³/mol. The monoisotopic (exact) mass is 380 g/mol. The first-order chi connectivity index (χ1) is 13.7. The summed E-state index contributed by atoms with van der Waals surface area (Å²) in [4.78, 5) is 24.5. The van der Waals surface area contributed by atoms with Gasteiger partial charge in [-0.1, -0.05) is 0 Å². The second-order valence-corrected chi connectivity index (χ2v) is 6.87. The van der Waals surface area contributed by atoms with E-state index in [0.717, 1.165) is 30.5 Å². The van der Waals surface area contributed by atoms with E-state index in [1.807, 2.05) is 47.6 Å². The standard InChI is InChI=1S/C21H24N4O3/c1-27-19-4-3-17-16(20(19)28-2)13-18(23-17)21(26)25-11-9-24(10-12-25)14-15-5-7-22-8-6-15/h3-8,13,23H,9-12,14H2,1-2H3. The molecule has 1 aromatic carbocycles. The van der Waals surface area contributed by atoms with Gasteiger partial charge in [0.1, 0.15) is 5.69 Å². The van der Waals surface area contributed by atoms with E-state index in [1.165, 1.54) is 5.56 Å². The Kier molecular flexibility index (Phi) is 5.16. The molecule has 0 atom stereocenters. The average Bonchev–Trinajstić information content (AvgIpc) is 3.18. The van der Waals surface area contributed by atoms with E-state index in [0.29, 0.717) is 30.3 Å². The molecular formula is C21H24N4O3. The number of fused-ring (bicyclic) bond motifs is 1. The molecule has 0 spiro atoms. The molecule has 4 rings (SSSR count). The molecule has 0 unspecified atom stereocenters. The number of benzene rings is 1. The summed E-state index contributed by atoms with van der Waals surface area (Å²) in [5.74, 6) is 1.30. The normalized spacial score (nSPS) is 15.0. The van der Waals surface area contributed by atoms with Crippen LogP contribution >= 0.6 is 0 Å². The highest BCUT2D eigenvalue weighted by Gasteiger charge is 2.24. The fourth-order valence-electron chi connectivity index (χ4n) is 3.67. The number of aromatic nitrogens is 2. The smallest absolute Gasteiger partial charge is 0.270 e. The van der Waals surface area contributed by atoms with E-state index in [9.17, 15) is 4.79 Å². The molecule has 1 fully saturated rings. The van der Waals surface area contributed by atoms with Crippen molar-refractivity contribution in [2.75, 3.05) is 40.4 Å². The maximum Gasteiger partial charge on any atom is 0.270 e. The highest BCUT2D eigenvalue weighted by atomic mass is 16.5. The van der Waals surface area contributed by atoms with E-state index in [-0.39, 0.29) is 5.91 Å². The maximum absolute atomic E-state index is 13.0. The molecule has 0 radical (unpaired) electrons. The summed E-state index contributed by atoms with van der Waals surface area (Å²) in [6, 6.07) is 9.65.